The summed E-state index contributed by atoms with van der Waals surface area (Å²) in [6, 6.07) is 7.12. The lowest BCUT2D eigenvalue weighted by Gasteiger charge is -2.25. The van der Waals surface area contributed by atoms with E-state index in [2.05, 4.69) is 36.8 Å². The molecule has 152 valence electrons. The maximum absolute atomic E-state index is 12.8. The summed E-state index contributed by atoms with van der Waals surface area (Å²) in [6.45, 7) is 9.94. The van der Waals surface area contributed by atoms with Gasteiger partial charge in [0, 0.05) is 16.5 Å². The quantitative estimate of drug-likeness (QED) is 0.609. The van der Waals surface area contributed by atoms with E-state index >= 15 is 0 Å². The molecule has 0 saturated carbocycles. The lowest BCUT2D eigenvalue weighted by atomic mass is 9.91. The predicted octanol–water partition coefficient (Wildman–Crippen LogP) is 4.87. The van der Waals surface area contributed by atoms with Crippen molar-refractivity contribution >= 4 is 44.2 Å². The van der Waals surface area contributed by atoms with Crippen molar-refractivity contribution in [3.05, 3.63) is 28.7 Å². The number of carbonyl (C=O) groups excluding carboxylic acids is 2. The Bertz CT molecular complexity index is 814. The molecule has 0 aliphatic rings. The summed E-state index contributed by atoms with van der Waals surface area (Å²) >= 11 is 4.71. The minimum absolute atomic E-state index is 0.00258. The van der Waals surface area contributed by atoms with Crippen LogP contribution in [-0.4, -0.2) is 28.1 Å². The fourth-order valence-electron chi connectivity index (χ4n) is 2.57. The molecule has 2 amide bonds. The fraction of sp³-hybridized carbons (Fsp3) is 0.500. The number of aromatic nitrogens is 2. The average Bonchev–Trinajstić information content (AvgIpc) is 3.06. The summed E-state index contributed by atoms with van der Waals surface area (Å²) in [6.07, 6.45) is 1.13. The number of benzene rings is 1. The topological polar surface area (TPSA) is 84.0 Å². The summed E-state index contributed by atoms with van der Waals surface area (Å²) < 4.78 is 0.983. The summed E-state index contributed by atoms with van der Waals surface area (Å²) in [5.41, 5.74) is 0.789. The van der Waals surface area contributed by atoms with Gasteiger partial charge in [0.15, 0.2) is 0 Å². The third-order valence-corrected chi connectivity index (χ3v) is 5.67. The van der Waals surface area contributed by atoms with Gasteiger partial charge in [-0.05, 0) is 23.5 Å². The van der Waals surface area contributed by atoms with Crippen LogP contribution in [0.15, 0.2) is 28.7 Å². The molecule has 0 saturated heterocycles. The zero-order valence-electron chi connectivity index (χ0n) is 16.9. The van der Waals surface area contributed by atoms with Gasteiger partial charge in [0.25, 0.3) is 0 Å². The van der Waals surface area contributed by atoms with Gasteiger partial charge in [0.2, 0.25) is 16.9 Å². The van der Waals surface area contributed by atoms with E-state index in [0.717, 1.165) is 21.5 Å². The molecule has 1 heterocycles. The molecule has 8 heteroatoms. The highest BCUT2D eigenvalue weighted by molar-refractivity contribution is 9.10. The number of hydrogen-bond acceptors (Lipinski definition) is 5. The molecule has 0 radical (unpaired) electrons. The van der Waals surface area contributed by atoms with Crippen molar-refractivity contribution in [2.45, 2.75) is 53.5 Å². The highest BCUT2D eigenvalue weighted by atomic mass is 79.9. The van der Waals surface area contributed by atoms with Crippen LogP contribution < -0.4 is 10.6 Å². The maximum Gasteiger partial charge on any atom is 0.249 e. The summed E-state index contributed by atoms with van der Waals surface area (Å²) in [5.74, 6) is -0.390. The number of amides is 2. The Hall–Kier alpha value is -1.80. The second kappa shape index (κ2) is 9.60. The molecule has 2 unspecified atom stereocenters. The predicted molar refractivity (Wildman–Crippen MR) is 117 cm³/mol. The van der Waals surface area contributed by atoms with Gasteiger partial charge in [-0.1, -0.05) is 80.4 Å². The van der Waals surface area contributed by atoms with Gasteiger partial charge in [-0.2, -0.15) is 0 Å². The van der Waals surface area contributed by atoms with Crippen LogP contribution in [-0.2, 0) is 9.59 Å². The second-order valence-electron chi connectivity index (χ2n) is 8.08. The Kier molecular flexibility index (Phi) is 7.71. The van der Waals surface area contributed by atoms with Gasteiger partial charge in [0.1, 0.15) is 11.0 Å². The van der Waals surface area contributed by atoms with Crippen LogP contribution in [0.5, 0.6) is 0 Å². The summed E-state index contributed by atoms with van der Waals surface area (Å²) in [4.78, 5) is 25.2. The average molecular weight is 467 g/mol. The van der Waals surface area contributed by atoms with Crippen molar-refractivity contribution in [3.63, 3.8) is 0 Å². The molecule has 1 aromatic carbocycles. The first-order valence-electron chi connectivity index (χ1n) is 9.28. The van der Waals surface area contributed by atoms with E-state index in [9.17, 15) is 9.59 Å². The zero-order valence-corrected chi connectivity index (χ0v) is 19.3. The molecule has 0 spiro atoms. The van der Waals surface area contributed by atoms with Gasteiger partial charge < -0.3 is 5.32 Å². The number of carbonyl (C=O) groups is 2. The molecule has 2 aromatic rings. The molecule has 1 aromatic heterocycles. The van der Waals surface area contributed by atoms with Crippen molar-refractivity contribution in [1.29, 1.82) is 0 Å². The number of nitrogens with zero attached hydrogens (tertiary/aromatic N) is 2. The van der Waals surface area contributed by atoms with Gasteiger partial charge in [0.05, 0.1) is 0 Å². The van der Waals surface area contributed by atoms with Crippen molar-refractivity contribution in [2.24, 2.45) is 11.3 Å². The molecule has 0 aliphatic heterocycles. The molecule has 0 fully saturated rings. The molecular weight excluding hydrogens is 440 g/mol. The van der Waals surface area contributed by atoms with Gasteiger partial charge in [-0.15, -0.1) is 10.2 Å². The fourth-order valence-corrected chi connectivity index (χ4v) is 3.59. The minimum Gasteiger partial charge on any atom is -0.344 e. The van der Waals surface area contributed by atoms with E-state index in [1.54, 1.807) is 0 Å². The number of anilines is 1. The Morgan fingerprint density at radius 1 is 1.18 bits per heavy atom. The van der Waals surface area contributed by atoms with Crippen LogP contribution >= 0.6 is 27.3 Å². The zero-order chi connectivity index (χ0) is 20.9. The van der Waals surface area contributed by atoms with Crippen molar-refractivity contribution in [3.8, 4) is 10.6 Å². The van der Waals surface area contributed by atoms with E-state index in [-0.39, 0.29) is 23.1 Å². The van der Waals surface area contributed by atoms with Crippen LogP contribution in [0.3, 0.4) is 0 Å². The number of nitrogens with one attached hydrogen (secondary N) is 2. The minimum atomic E-state index is -0.611. The first-order valence-corrected chi connectivity index (χ1v) is 10.9. The molecule has 2 rings (SSSR count). The summed E-state index contributed by atoms with van der Waals surface area (Å²) in [7, 11) is 0. The molecular formula is C20H27BrN4O2S. The Labute approximate surface area is 178 Å². The molecule has 0 aliphatic carbocycles. The normalized spacial score (nSPS) is 13.6. The third-order valence-electron chi connectivity index (χ3n) is 4.25. The number of rotatable bonds is 7. The smallest absolute Gasteiger partial charge is 0.249 e. The van der Waals surface area contributed by atoms with Crippen LogP contribution in [0.25, 0.3) is 10.6 Å². The van der Waals surface area contributed by atoms with Gasteiger partial charge in [-0.25, -0.2) is 0 Å². The highest BCUT2D eigenvalue weighted by Crippen LogP contribution is 2.27. The lowest BCUT2D eigenvalue weighted by molar-refractivity contribution is -0.128. The number of hydrogen-bond donors (Lipinski definition) is 2. The van der Waals surface area contributed by atoms with Crippen molar-refractivity contribution in [2.75, 3.05) is 5.32 Å². The molecule has 2 atom stereocenters. The van der Waals surface area contributed by atoms with Crippen LogP contribution in [0, 0.1) is 11.3 Å². The van der Waals surface area contributed by atoms with Crippen molar-refractivity contribution in [1.82, 2.24) is 15.5 Å². The molecule has 2 N–H and O–H groups in total. The summed E-state index contributed by atoms with van der Waals surface area (Å²) in [5, 5.41) is 15.1. The third kappa shape index (κ3) is 6.67. The van der Waals surface area contributed by atoms with E-state index < -0.39 is 6.04 Å². The van der Waals surface area contributed by atoms with Crippen LogP contribution in [0.4, 0.5) is 5.13 Å². The van der Waals surface area contributed by atoms with Gasteiger partial charge >= 0.3 is 0 Å². The lowest BCUT2D eigenvalue weighted by Crippen LogP contribution is -2.48. The van der Waals surface area contributed by atoms with E-state index in [0.29, 0.717) is 11.6 Å². The standard InChI is InChI=1S/C20H27BrN4O2S/c1-6-12(2)16(22-15(26)11-20(3,4)5)17(27)23-19-25-24-18(28-19)13-7-9-14(21)10-8-13/h7-10,12,16H,6,11H2,1-5H3,(H,22,26)(H,23,25,27). The molecule has 6 nitrogen and oxygen atoms in total. The van der Waals surface area contributed by atoms with Gasteiger partial charge in [-0.3, -0.25) is 14.9 Å². The largest absolute Gasteiger partial charge is 0.344 e. The SMILES string of the molecule is CCC(C)C(NC(=O)CC(C)(C)C)C(=O)Nc1nnc(-c2ccc(Br)cc2)s1. The second-order valence-corrected chi connectivity index (χ2v) is 9.97. The van der Waals surface area contributed by atoms with E-state index in [1.165, 1.54) is 11.3 Å². The highest BCUT2D eigenvalue weighted by Gasteiger charge is 2.28. The Morgan fingerprint density at radius 3 is 2.39 bits per heavy atom. The Morgan fingerprint density at radius 2 is 1.82 bits per heavy atom. The van der Waals surface area contributed by atoms with Crippen molar-refractivity contribution < 1.29 is 9.59 Å². The Balaban J connectivity index is 2.08. The molecule has 28 heavy (non-hydrogen) atoms. The molecule has 0 bridgehead atoms. The van der Waals surface area contributed by atoms with E-state index in [4.69, 9.17) is 0 Å². The number of halogens is 1. The van der Waals surface area contributed by atoms with Crippen LogP contribution in [0.2, 0.25) is 0 Å². The monoisotopic (exact) mass is 466 g/mol. The van der Waals surface area contributed by atoms with E-state index in [1.807, 2.05) is 58.9 Å². The first kappa shape index (κ1) is 22.5. The van der Waals surface area contributed by atoms with Crippen LogP contribution in [0.1, 0.15) is 47.5 Å². The first-order chi connectivity index (χ1) is 13.1. The maximum atomic E-state index is 12.8.